The van der Waals surface area contributed by atoms with Crippen LogP contribution in [0.2, 0.25) is 0 Å². The molecule has 2 aromatic rings. The van der Waals surface area contributed by atoms with Crippen molar-refractivity contribution in [1.82, 2.24) is 4.90 Å². The van der Waals surface area contributed by atoms with Crippen molar-refractivity contribution < 1.29 is 19.1 Å². The summed E-state index contributed by atoms with van der Waals surface area (Å²) in [6, 6.07) is 17.7. The molecule has 0 spiro atoms. The second-order valence-electron chi connectivity index (χ2n) is 5.24. The highest BCUT2D eigenvalue weighted by molar-refractivity contribution is 5.91. The summed E-state index contributed by atoms with van der Waals surface area (Å²) in [5, 5.41) is 8.51. The van der Waals surface area contributed by atoms with Gasteiger partial charge in [0.05, 0.1) is 18.1 Å². The largest absolute Gasteiger partial charge is 0.457 e. The van der Waals surface area contributed by atoms with Crippen LogP contribution in [0.3, 0.4) is 0 Å². The van der Waals surface area contributed by atoms with E-state index in [1.54, 1.807) is 43.4 Å². The first kappa shape index (κ1) is 18.0. The molecule has 6 heteroatoms. The third-order valence-electron chi connectivity index (χ3n) is 3.36. The third kappa shape index (κ3) is 5.66. The number of hydrogen-bond donors (Lipinski definition) is 0. The topological polar surface area (TPSA) is 79.6 Å². The third-order valence-corrected chi connectivity index (χ3v) is 3.36. The second kappa shape index (κ2) is 9.08. The van der Waals surface area contributed by atoms with Gasteiger partial charge in [0.25, 0.3) is 5.91 Å². The fraction of sp³-hybridized carbons (Fsp3) is 0.211. The van der Waals surface area contributed by atoms with Gasteiger partial charge in [-0.1, -0.05) is 24.3 Å². The van der Waals surface area contributed by atoms with Gasteiger partial charge in [0.15, 0.2) is 6.61 Å². The summed E-state index contributed by atoms with van der Waals surface area (Å²) in [6.45, 7) is -0.0716. The SMILES string of the molecule is CN(CCC#N)C(=O)COC(=O)c1cccc(Oc2ccccc2)c1. The molecule has 2 aromatic carbocycles. The van der Waals surface area contributed by atoms with Crippen molar-refractivity contribution in [3.8, 4) is 17.6 Å². The molecule has 0 aliphatic heterocycles. The van der Waals surface area contributed by atoms with Gasteiger partial charge in [0, 0.05) is 13.6 Å². The van der Waals surface area contributed by atoms with E-state index >= 15 is 0 Å². The molecule has 0 fully saturated rings. The van der Waals surface area contributed by atoms with Gasteiger partial charge in [-0.2, -0.15) is 5.26 Å². The number of para-hydroxylation sites is 1. The Hall–Kier alpha value is -3.33. The van der Waals surface area contributed by atoms with Crippen molar-refractivity contribution >= 4 is 11.9 Å². The Morgan fingerprint density at radius 1 is 1.08 bits per heavy atom. The number of rotatable bonds is 7. The fourth-order valence-corrected chi connectivity index (χ4v) is 1.97. The zero-order valence-electron chi connectivity index (χ0n) is 13.8. The molecule has 0 aromatic heterocycles. The summed E-state index contributed by atoms with van der Waals surface area (Å²) in [5.74, 6) is 0.182. The number of nitrogens with zero attached hydrogens (tertiary/aromatic N) is 2. The number of amides is 1. The van der Waals surface area contributed by atoms with E-state index in [9.17, 15) is 9.59 Å². The first-order valence-corrected chi connectivity index (χ1v) is 7.71. The molecule has 0 atom stereocenters. The van der Waals surface area contributed by atoms with Crippen LogP contribution in [0, 0.1) is 11.3 Å². The monoisotopic (exact) mass is 338 g/mol. The summed E-state index contributed by atoms with van der Waals surface area (Å²) in [5.41, 5.74) is 0.293. The molecular weight excluding hydrogens is 320 g/mol. The minimum atomic E-state index is -0.611. The summed E-state index contributed by atoms with van der Waals surface area (Å²) < 4.78 is 10.7. The van der Waals surface area contributed by atoms with E-state index in [1.807, 2.05) is 24.3 Å². The molecule has 0 saturated heterocycles. The number of carbonyl (C=O) groups excluding carboxylic acids is 2. The lowest BCUT2D eigenvalue weighted by Gasteiger charge is -2.15. The van der Waals surface area contributed by atoms with Crippen molar-refractivity contribution in [2.75, 3.05) is 20.2 Å². The van der Waals surface area contributed by atoms with Crippen molar-refractivity contribution in [3.63, 3.8) is 0 Å². The minimum Gasteiger partial charge on any atom is -0.457 e. The quantitative estimate of drug-likeness (QED) is 0.725. The van der Waals surface area contributed by atoms with Crippen molar-refractivity contribution in [2.45, 2.75) is 6.42 Å². The Morgan fingerprint density at radius 3 is 2.52 bits per heavy atom. The molecule has 0 bridgehead atoms. The van der Waals surface area contributed by atoms with Gasteiger partial charge < -0.3 is 14.4 Å². The number of hydrogen-bond acceptors (Lipinski definition) is 5. The van der Waals surface area contributed by atoms with E-state index < -0.39 is 5.97 Å². The second-order valence-corrected chi connectivity index (χ2v) is 5.24. The first-order valence-electron chi connectivity index (χ1n) is 7.71. The van der Waals surface area contributed by atoms with Gasteiger partial charge in [-0.25, -0.2) is 4.79 Å². The maximum atomic E-state index is 12.1. The molecule has 2 rings (SSSR count). The summed E-state index contributed by atoms with van der Waals surface area (Å²) >= 11 is 0. The normalized spacial score (nSPS) is 9.76. The van der Waals surface area contributed by atoms with Crippen LogP contribution in [0.25, 0.3) is 0 Å². The van der Waals surface area contributed by atoms with Gasteiger partial charge in [0.1, 0.15) is 11.5 Å². The maximum absolute atomic E-state index is 12.1. The smallest absolute Gasteiger partial charge is 0.338 e. The number of esters is 1. The number of nitriles is 1. The van der Waals surface area contributed by atoms with E-state index in [-0.39, 0.29) is 18.9 Å². The average Bonchev–Trinajstić information content (AvgIpc) is 2.64. The molecule has 0 N–H and O–H groups in total. The Labute approximate surface area is 146 Å². The van der Waals surface area contributed by atoms with Crippen LogP contribution in [-0.2, 0) is 9.53 Å². The highest BCUT2D eigenvalue weighted by Gasteiger charge is 2.14. The van der Waals surface area contributed by atoms with Crippen LogP contribution in [0.15, 0.2) is 54.6 Å². The lowest BCUT2D eigenvalue weighted by atomic mass is 10.2. The van der Waals surface area contributed by atoms with Crippen LogP contribution in [-0.4, -0.2) is 37.0 Å². The molecule has 0 heterocycles. The predicted octanol–water partition coefficient (Wildman–Crippen LogP) is 3.01. The predicted molar refractivity (Wildman–Crippen MR) is 91.1 cm³/mol. The van der Waals surface area contributed by atoms with E-state index in [0.29, 0.717) is 23.6 Å². The van der Waals surface area contributed by atoms with Gasteiger partial charge in [-0.15, -0.1) is 0 Å². The fourth-order valence-electron chi connectivity index (χ4n) is 1.97. The van der Waals surface area contributed by atoms with E-state index in [0.717, 1.165) is 0 Å². The highest BCUT2D eigenvalue weighted by Crippen LogP contribution is 2.22. The standard InChI is InChI=1S/C19H18N2O4/c1-21(12-6-11-20)18(22)14-24-19(23)15-7-5-10-17(13-15)25-16-8-3-2-4-9-16/h2-5,7-10,13H,6,12,14H2,1H3. The Balaban J connectivity index is 1.92. The van der Waals surface area contributed by atoms with E-state index in [2.05, 4.69) is 0 Å². The van der Waals surface area contributed by atoms with Crippen LogP contribution in [0.1, 0.15) is 16.8 Å². The van der Waals surface area contributed by atoms with E-state index in [1.165, 1.54) is 4.90 Å². The first-order chi connectivity index (χ1) is 12.1. The average molecular weight is 338 g/mol. The molecule has 6 nitrogen and oxygen atoms in total. The molecule has 0 saturated carbocycles. The van der Waals surface area contributed by atoms with Gasteiger partial charge in [-0.3, -0.25) is 4.79 Å². The van der Waals surface area contributed by atoms with Crippen LogP contribution in [0.4, 0.5) is 0 Å². The molecular formula is C19H18N2O4. The molecule has 25 heavy (non-hydrogen) atoms. The Bertz CT molecular complexity index is 768. The highest BCUT2D eigenvalue weighted by atomic mass is 16.5. The van der Waals surface area contributed by atoms with Crippen molar-refractivity contribution in [1.29, 1.82) is 5.26 Å². The minimum absolute atomic E-state index is 0.231. The molecule has 0 radical (unpaired) electrons. The lowest BCUT2D eigenvalue weighted by Crippen LogP contribution is -2.31. The molecule has 0 aliphatic rings. The van der Waals surface area contributed by atoms with Gasteiger partial charge in [-0.05, 0) is 30.3 Å². The molecule has 128 valence electrons. The van der Waals surface area contributed by atoms with Crippen LogP contribution >= 0.6 is 0 Å². The van der Waals surface area contributed by atoms with Crippen LogP contribution < -0.4 is 4.74 Å². The molecule has 0 unspecified atom stereocenters. The lowest BCUT2D eigenvalue weighted by molar-refractivity contribution is -0.133. The number of benzene rings is 2. The Morgan fingerprint density at radius 2 is 1.80 bits per heavy atom. The van der Waals surface area contributed by atoms with E-state index in [4.69, 9.17) is 14.7 Å². The van der Waals surface area contributed by atoms with Crippen LogP contribution in [0.5, 0.6) is 11.5 Å². The van der Waals surface area contributed by atoms with Crippen molar-refractivity contribution in [3.05, 3.63) is 60.2 Å². The molecule has 1 amide bonds. The zero-order valence-corrected chi connectivity index (χ0v) is 13.8. The maximum Gasteiger partial charge on any atom is 0.338 e. The summed E-state index contributed by atoms with van der Waals surface area (Å²) in [7, 11) is 1.56. The van der Waals surface area contributed by atoms with Crippen molar-refractivity contribution in [2.24, 2.45) is 0 Å². The number of carbonyl (C=O) groups is 2. The van der Waals surface area contributed by atoms with Gasteiger partial charge >= 0.3 is 5.97 Å². The molecule has 0 aliphatic carbocycles. The number of likely N-dealkylation sites (N-methyl/N-ethyl adjacent to an activating group) is 1. The van der Waals surface area contributed by atoms with Gasteiger partial charge in [0.2, 0.25) is 0 Å². The summed E-state index contributed by atoms with van der Waals surface area (Å²) in [6.07, 6.45) is 0.231. The zero-order chi connectivity index (χ0) is 18.1. The number of ether oxygens (including phenoxy) is 2. The summed E-state index contributed by atoms with van der Waals surface area (Å²) in [4.78, 5) is 25.2. The Kier molecular flexibility index (Phi) is 6.55.